The number of rotatable bonds is 14. The summed E-state index contributed by atoms with van der Waals surface area (Å²) in [5.74, 6) is -2.93. The van der Waals surface area contributed by atoms with Gasteiger partial charge in [-0.1, -0.05) is 27.7 Å². The third kappa shape index (κ3) is 9.55. The number of hydrogen-bond donors (Lipinski definition) is 3. The van der Waals surface area contributed by atoms with Gasteiger partial charge in [-0.05, 0) is 19.3 Å². The lowest BCUT2D eigenvalue weighted by molar-refractivity contribution is -0.177. The van der Waals surface area contributed by atoms with E-state index in [2.05, 4.69) is 5.32 Å². The molecule has 0 aliphatic rings. The molecule has 0 saturated heterocycles. The second kappa shape index (κ2) is 11.5. The van der Waals surface area contributed by atoms with Crippen LogP contribution in [0.2, 0.25) is 0 Å². The zero-order valence-corrected chi connectivity index (χ0v) is 18.5. The van der Waals surface area contributed by atoms with Gasteiger partial charge in [-0.2, -0.15) is 8.42 Å². The lowest BCUT2D eigenvalue weighted by atomic mass is 9.73. The second-order valence-corrected chi connectivity index (χ2v) is 9.59. The molecule has 0 radical (unpaired) electrons. The molecule has 0 aromatic heterocycles. The molecule has 0 heterocycles. The number of hydrogen-bond acceptors (Lipinski definition) is 8. The SMILES string of the molecule is CC(=O)NCCCS(=O)(=O)OCC(C)(C)[C@](O)(CCCOC(=O)C(C)C)C(=O)O. The van der Waals surface area contributed by atoms with Gasteiger partial charge in [0.2, 0.25) is 5.91 Å². The Morgan fingerprint density at radius 2 is 1.72 bits per heavy atom. The summed E-state index contributed by atoms with van der Waals surface area (Å²) in [6, 6.07) is 0. The zero-order chi connectivity index (χ0) is 22.9. The second-order valence-electron chi connectivity index (χ2n) is 7.84. The highest BCUT2D eigenvalue weighted by atomic mass is 32.2. The number of nitrogens with one attached hydrogen (secondary N) is 1. The van der Waals surface area contributed by atoms with E-state index in [4.69, 9.17) is 8.92 Å². The molecule has 0 saturated carbocycles. The fourth-order valence-electron chi connectivity index (χ4n) is 2.33. The minimum atomic E-state index is -3.97. The van der Waals surface area contributed by atoms with E-state index in [0.717, 1.165) is 0 Å². The van der Waals surface area contributed by atoms with Crippen molar-refractivity contribution >= 4 is 28.0 Å². The molecule has 0 rings (SSSR count). The monoisotopic (exact) mass is 439 g/mol. The lowest BCUT2D eigenvalue weighted by Gasteiger charge is -2.38. The Hall–Kier alpha value is -1.72. The predicted molar refractivity (Wildman–Crippen MR) is 104 cm³/mol. The Morgan fingerprint density at radius 3 is 2.21 bits per heavy atom. The quantitative estimate of drug-likeness (QED) is 0.201. The van der Waals surface area contributed by atoms with Gasteiger partial charge in [0.15, 0.2) is 5.60 Å². The number of ether oxygens (including phenoxy) is 1. The molecule has 0 unspecified atom stereocenters. The Balaban J connectivity index is 4.83. The van der Waals surface area contributed by atoms with Crippen molar-refractivity contribution in [2.75, 3.05) is 25.5 Å². The zero-order valence-electron chi connectivity index (χ0n) is 17.7. The molecular weight excluding hydrogens is 406 g/mol. The summed E-state index contributed by atoms with van der Waals surface area (Å²) in [6.07, 6.45) is -0.0481. The summed E-state index contributed by atoms with van der Waals surface area (Å²) in [5.41, 5.74) is -3.74. The number of amides is 1. The molecule has 3 N–H and O–H groups in total. The van der Waals surface area contributed by atoms with Gasteiger partial charge in [0.25, 0.3) is 10.1 Å². The largest absolute Gasteiger partial charge is 0.479 e. The highest BCUT2D eigenvalue weighted by Crippen LogP contribution is 2.36. The summed E-state index contributed by atoms with van der Waals surface area (Å²) in [5, 5.41) is 22.7. The first-order valence-electron chi connectivity index (χ1n) is 9.38. The van der Waals surface area contributed by atoms with Crippen molar-refractivity contribution in [2.24, 2.45) is 11.3 Å². The average Bonchev–Trinajstić information content (AvgIpc) is 2.60. The van der Waals surface area contributed by atoms with Gasteiger partial charge >= 0.3 is 11.9 Å². The van der Waals surface area contributed by atoms with Gasteiger partial charge in [0, 0.05) is 18.9 Å². The lowest BCUT2D eigenvalue weighted by Crippen LogP contribution is -2.54. The van der Waals surface area contributed by atoms with Crippen LogP contribution < -0.4 is 5.32 Å². The van der Waals surface area contributed by atoms with E-state index in [-0.39, 0.29) is 50.0 Å². The van der Waals surface area contributed by atoms with Crippen LogP contribution in [0.4, 0.5) is 0 Å². The van der Waals surface area contributed by atoms with Crippen LogP contribution in [0.1, 0.15) is 53.9 Å². The summed E-state index contributed by atoms with van der Waals surface area (Å²) in [6.45, 7) is 6.94. The van der Waals surface area contributed by atoms with Crippen molar-refractivity contribution < 1.29 is 41.9 Å². The van der Waals surface area contributed by atoms with E-state index in [1.165, 1.54) is 20.8 Å². The van der Waals surface area contributed by atoms with Crippen molar-refractivity contribution in [3.8, 4) is 0 Å². The van der Waals surface area contributed by atoms with Crippen LogP contribution in [0.15, 0.2) is 0 Å². The molecule has 0 aromatic rings. The number of carbonyl (C=O) groups is 3. The summed E-state index contributed by atoms with van der Waals surface area (Å²) in [4.78, 5) is 33.9. The topological polar surface area (TPSA) is 156 Å². The van der Waals surface area contributed by atoms with Gasteiger partial charge in [0.1, 0.15) is 0 Å². The maximum absolute atomic E-state index is 12.0. The Kier molecular flexibility index (Phi) is 10.8. The highest BCUT2D eigenvalue weighted by Gasteiger charge is 2.50. The molecule has 11 heteroatoms. The highest BCUT2D eigenvalue weighted by molar-refractivity contribution is 7.86. The molecule has 1 amide bonds. The fraction of sp³-hybridized carbons (Fsp3) is 0.833. The molecule has 0 aliphatic heterocycles. The number of carboxylic acids is 1. The van der Waals surface area contributed by atoms with Crippen LogP contribution in [0.25, 0.3) is 0 Å². The molecule has 0 aliphatic carbocycles. The number of carbonyl (C=O) groups excluding carboxylic acids is 2. The maximum Gasteiger partial charge on any atom is 0.336 e. The normalized spacial score (nSPS) is 14.3. The van der Waals surface area contributed by atoms with Crippen LogP contribution in [0, 0.1) is 11.3 Å². The molecule has 0 bridgehead atoms. The number of esters is 1. The van der Waals surface area contributed by atoms with Crippen LogP contribution in [-0.4, -0.2) is 67.6 Å². The molecule has 170 valence electrons. The molecule has 29 heavy (non-hydrogen) atoms. The standard InChI is InChI=1S/C18H33NO9S/c1-13(2)15(21)27-10-6-8-18(24,16(22)23)17(4,5)12-28-29(25,26)11-7-9-19-14(3)20/h13,24H,6-12H2,1-5H3,(H,19,20)(H,22,23)/t18-/m0/s1. The van der Waals surface area contributed by atoms with Crippen molar-refractivity contribution in [3.63, 3.8) is 0 Å². The van der Waals surface area contributed by atoms with Crippen LogP contribution in [-0.2, 0) is 33.4 Å². The molecule has 0 spiro atoms. The number of carboxylic acid groups (broad SMARTS) is 1. The minimum Gasteiger partial charge on any atom is -0.479 e. The maximum atomic E-state index is 12.0. The van der Waals surface area contributed by atoms with E-state index < -0.39 is 39.7 Å². The van der Waals surface area contributed by atoms with Crippen LogP contribution in [0.5, 0.6) is 0 Å². The summed E-state index contributed by atoms with van der Waals surface area (Å²) >= 11 is 0. The molecule has 10 nitrogen and oxygen atoms in total. The molecule has 0 aromatic carbocycles. The van der Waals surface area contributed by atoms with E-state index in [0.29, 0.717) is 0 Å². The van der Waals surface area contributed by atoms with Crippen LogP contribution in [0.3, 0.4) is 0 Å². The number of aliphatic hydroxyl groups is 1. The van der Waals surface area contributed by atoms with Crippen molar-refractivity contribution in [3.05, 3.63) is 0 Å². The number of aliphatic carboxylic acids is 1. The van der Waals surface area contributed by atoms with Gasteiger partial charge in [0.05, 0.1) is 24.9 Å². The summed E-state index contributed by atoms with van der Waals surface area (Å²) in [7, 11) is -3.97. The van der Waals surface area contributed by atoms with Gasteiger partial charge in [-0.3, -0.25) is 13.8 Å². The van der Waals surface area contributed by atoms with Crippen molar-refractivity contribution in [1.82, 2.24) is 5.32 Å². The third-order valence-corrected chi connectivity index (χ3v) is 5.68. The third-order valence-electron chi connectivity index (χ3n) is 4.42. The van der Waals surface area contributed by atoms with E-state index >= 15 is 0 Å². The summed E-state index contributed by atoms with van der Waals surface area (Å²) < 4.78 is 33.9. The minimum absolute atomic E-state index is 0.0645. The van der Waals surface area contributed by atoms with Crippen molar-refractivity contribution in [1.29, 1.82) is 0 Å². The Bertz CT molecular complexity index is 673. The molecular formula is C18H33NO9S. The Morgan fingerprint density at radius 1 is 1.14 bits per heavy atom. The van der Waals surface area contributed by atoms with Gasteiger partial charge in [-0.25, -0.2) is 4.79 Å². The Labute approximate surface area is 172 Å². The first-order chi connectivity index (χ1) is 13.1. The van der Waals surface area contributed by atoms with E-state index in [1.54, 1.807) is 13.8 Å². The predicted octanol–water partition coefficient (Wildman–Crippen LogP) is 0.680. The molecule has 1 atom stereocenters. The van der Waals surface area contributed by atoms with E-state index in [9.17, 15) is 33.0 Å². The first kappa shape index (κ1) is 27.3. The smallest absolute Gasteiger partial charge is 0.336 e. The first-order valence-corrected chi connectivity index (χ1v) is 11.0. The average molecular weight is 440 g/mol. The van der Waals surface area contributed by atoms with E-state index in [1.807, 2.05) is 0 Å². The van der Waals surface area contributed by atoms with Crippen molar-refractivity contribution in [2.45, 2.75) is 59.5 Å². The van der Waals surface area contributed by atoms with Gasteiger partial charge < -0.3 is 20.3 Å². The molecule has 0 fully saturated rings. The van der Waals surface area contributed by atoms with Gasteiger partial charge in [-0.15, -0.1) is 0 Å². The fourth-order valence-corrected chi connectivity index (χ4v) is 3.42. The van der Waals surface area contributed by atoms with Crippen LogP contribution >= 0.6 is 0 Å².